The first-order valence-electron chi connectivity index (χ1n) is 4.92. The second-order valence-electron chi connectivity index (χ2n) is 3.55. The van der Waals surface area contributed by atoms with Crippen molar-refractivity contribution in [3.63, 3.8) is 0 Å². The summed E-state index contributed by atoms with van der Waals surface area (Å²) < 4.78 is 1.58. The summed E-state index contributed by atoms with van der Waals surface area (Å²) in [6.07, 6.45) is 8.02. The molecule has 0 saturated heterocycles. The summed E-state index contributed by atoms with van der Waals surface area (Å²) in [6.45, 7) is 1.85. The Hall–Kier alpha value is -1.84. The van der Waals surface area contributed by atoms with Gasteiger partial charge in [-0.1, -0.05) is 12.2 Å². The van der Waals surface area contributed by atoms with Gasteiger partial charge >= 0.3 is 5.69 Å². The molecular weight excluding hydrogens is 190 g/mol. The van der Waals surface area contributed by atoms with Crippen molar-refractivity contribution in [3.8, 4) is 0 Å². The van der Waals surface area contributed by atoms with Crippen molar-refractivity contribution >= 4 is 11.5 Å². The van der Waals surface area contributed by atoms with Crippen LogP contribution in [0.4, 0.5) is 5.82 Å². The average molecular weight is 203 g/mol. The summed E-state index contributed by atoms with van der Waals surface area (Å²) >= 11 is 0. The molecule has 0 atom stereocenters. The normalized spacial score (nSPS) is 15.1. The van der Waals surface area contributed by atoms with Gasteiger partial charge in [0.1, 0.15) is 5.82 Å². The number of nitrogen functional groups attached to an aromatic ring is 1. The van der Waals surface area contributed by atoms with Gasteiger partial charge in [-0.25, -0.2) is 4.79 Å². The summed E-state index contributed by atoms with van der Waals surface area (Å²) in [5.74, 6) is 0.272. The topological polar surface area (TPSA) is 60.9 Å². The van der Waals surface area contributed by atoms with Crippen LogP contribution in [-0.2, 0) is 0 Å². The lowest BCUT2D eigenvalue weighted by Crippen LogP contribution is -2.25. The van der Waals surface area contributed by atoms with E-state index in [4.69, 9.17) is 5.73 Å². The molecule has 0 spiro atoms. The molecule has 1 aromatic rings. The summed E-state index contributed by atoms with van der Waals surface area (Å²) in [6, 6.07) is 1.70. The molecule has 4 nitrogen and oxygen atoms in total. The molecule has 1 aromatic heterocycles. The van der Waals surface area contributed by atoms with E-state index >= 15 is 0 Å². The SMILES string of the molecule is Cc1cc(N)nc(=O)n1C1=CCCC=C1. The van der Waals surface area contributed by atoms with Gasteiger partial charge in [0.15, 0.2) is 0 Å². The zero-order valence-electron chi connectivity index (χ0n) is 8.60. The van der Waals surface area contributed by atoms with Gasteiger partial charge < -0.3 is 5.73 Å². The molecule has 0 unspecified atom stereocenters. The molecule has 1 heterocycles. The molecule has 0 bridgehead atoms. The number of rotatable bonds is 1. The maximum absolute atomic E-state index is 11.7. The lowest BCUT2D eigenvalue weighted by atomic mass is 10.1. The minimum Gasteiger partial charge on any atom is -0.383 e. The first-order valence-corrected chi connectivity index (χ1v) is 4.92. The van der Waals surface area contributed by atoms with E-state index in [0.29, 0.717) is 0 Å². The van der Waals surface area contributed by atoms with Crippen LogP contribution in [0.5, 0.6) is 0 Å². The van der Waals surface area contributed by atoms with E-state index in [-0.39, 0.29) is 11.5 Å². The fourth-order valence-corrected chi connectivity index (χ4v) is 1.70. The summed E-state index contributed by atoms with van der Waals surface area (Å²) in [5.41, 5.74) is 6.88. The van der Waals surface area contributed by atoms with Crippen LogP contribution in [0, 0.1) is 6.92 Å². The number of hydrogen-bond donors (Lipinski definition) is 1. The number of allylic oxidation sites excluding steroid dienone is 4. The Morgan fingerprint density at radius 2 is 2.27 bits per heavy atom. The molecule has 0 radical (unpaired) electrons. The molecule has 1 aliphatic carbocycles. The predicted molar refractivity (Wildman–Crippen MR) is 60.3 cm³/mol. The zero-order valence-corrected chi connectivity index (χ0v) is 8.60. The van der Waals surface area contributed by atoms with Gasteiger partial charge in [-0.15, -0.1) is 0 Å². The largest absolute Gasteiger partial charge is 0.383 e. The molecule has 0 aromatic carbocycles. The first kappa shape index (κ1) is 9.71. The molecule has 0 fully saturated rings. The monoisotopic (exact) mass is 203 g/mol. The second-order valence-corrected chi connectivity index (χ2v) is 3.55. The Morgan fingerprint density at radius 1 is 1.47 bits per heavy atom. The van der Waals surface area contributed by atoms with Crippen molar-refractivity contribution in [2.45, 2.75) is 19.8 Å². The van der Waals surface area contributed by atoms with Crippen molar-refractivity contribution in [1.82, 2.24) is 9.55 Å². The highest BCUT2D eigenvalue weighted by molar-refractivity contribution is 5.59. The van der Waals surface area contributed by atoms with Gasteiger partial charge in [0.25, 0.3) is 0 Å². The molecule has 0 aliphatic heterocycles. The Labute approximate surface area is 87.8 Å². The van der Waals surface area contributed by atoms with Crippen LogP contribution >= 0.6 is 0 Å². The molecule has 4 heteroatoms. The maximum atomic E-state index is 11.7. The van der Waals surface area contributed by atoms with E-state index < -0.39 is 0 Å². The predicted octanol–water partition coefficient (Wildman–Crippen LogP) is 1.32. The molecule has 0 amide bonds. The standard InChI is InChI=1S/C11H13N3O/c1-8-7-10(12)13-11(15)14(8)9-5-3-2-4-6-9/h3,5-7H,2,4H2,1H3,(H2,12,13,15). The number of anilines is 1. The van der Waals surface area contributed by atoms with Crippen LogP contribution in [0.1, 0.15) is 18.5 Å². The van der Waals surface area contributed by atoms with Gasteiger partial charge in [-0.2, -0.15) is 4.98 Å². The van der Waals surface area contributed by atoms with Crippen molar-refractivity contribution in [2.75, 3.05) is 5.73 Å². The van der Waals surface area contributed by atoms with Gasteiger partial charge in [0, 0.05) is 17.5 Å². The third-order valence-electron chi connectivity index (χ3n) is 2.36. The number of nitrogens with zero attached hydrogens (tertiary/aromatic N) is 2. The highest BCUT2D eigenvalue weighted by atomic mass is 16.1. The third kappa shape index (κ3) is 1.83. The molecule has 2 N–H and O–H groups in total. The Balaban J connectivity index is 2.58. The highest BCUT2D eigenvalue weighted by Crippen LogP contribution is 2.15. The molecule has 0 saturated carbocycles. The highest BCUT2D eigenvalue weighted by Gasteiger charge is 2.07. The Morgan fingerprint density at radius 3 is 2.87 bits per heavy atom. The van der Waals surface area contributed by atoms with E-state index in [2.05, 4.69) is 11.1 Å². The first-order chi connectivity index (χ1) is 7.18. The van der Waals surface area contributed by atoms with Crippen LogP contribution in [0.15, 0.2) is 29.1 Å². The zero-order chi connectivity index (χ0) is 10.8. The number of aromatic nitrogens is 2. The number of nitrogens with two attached hydrogens (primary N) is 1. The van der Waals surface area contributed by atoms with Crippen LogP contribution in [0.2, 0.25) is 0 Å². The summed E-state index contributed by atoms with van der Waals surface area (Å²) in [4.78, 5) is 15.4. The average Bonchev–Trinajstić information content (AvgIpc) is 2.17. The van der Waals surface area contributed by atoms with Crippen LogP contribution < -0.4 is 11.4 Å². The van der Waals surface area contributed by atoms with Crippen molar-refractivity contribution in [1.29, 1.82) is 0 Å². The molecular formula is C11H13N3O. The van der Waals surface area contributed by atoms with Crippen LogP contribution in [-0.4, -0.2) is 9.55 Å². The smallest absolute Gasteiger partial charge is 0.354 e. The van der Waals surface area contributed by atoms with Crippen molar-refractivity contribution in [3.05, 3.63) is 40.5 Å². The quantitative estimate of drug-likeness (QED) is 0.748. The third-order valence-corrected chi connectivity index (χ3v) is 2.36. The van der Waals surface area contributed by atoms with Crippen LogP contribution in [0.3, 0.4) is 0 Å². The van der Waals surface area contributed by atoms with E-state index in [0.717, 1.165) is 24.2 Å². The fourth-order valence-electron chi connectivity index (χ4n) is 1.70. The minimum atomic E-state index is -0.315. The second kappa shape index (κ2) is 3.73. The molecule has 78 valence electrons. The van der Waals surface area contributed by atoms with Crippen molar-refractivity contribution < 1.29 is 0 Å². The minimum absolute atomic E-state index is 0.272. The summed E-state index contributed by atoms with van der Waals surface area (Å²) in [7, 11) is 0. The number of aryl methyl sites for hydroxylation is 1. The van der Waals surface area contributed by atoms with E-state index in [9.17, 15) is 4.79 Å². The lowest BCUT2D eigenvalue weighted by molar-refractivity contribution is 0.885. The Bertz CT molecular complexity index is 497. The number of hydrogen-bond acceptors (Lipinski definition) is 3. The van der Waals surface area contributed by atoms with Crippen LogP contribution in [0.25, 0.3) is 5.70 Å². The fraction of sp³-hybridized carbons (Fsp3) is 0.273. The molecule has 15 heavy (non-hydrogen) atoms. The maximum Gasteiger partial charge on any atom is 0.354 e. The van der Waals surface area contributed by atoms with Gasteiger partial charge in [0.2, 0.25) is 0 Å². The van der Waals surface area contributed by atoms with Gasteiger partial charge in [0.05, 0.1) is 0 Å². The van der Waals surface area contributed by atoms with Gasteiger partial charge in [-0.3, -0.25) is 4.57 Å². The van der Waals surface area contributed by atoms with E-state index in [1.807, 2.05) is 19.1 Å². The molecule has 2 rings (SSSR count). The van der Waals surface area contributed by atoms with Gasteiger partial charge in [-0.05, 0) is 25.8 Å². The summed E-state index contributed by atoms with van der Waals surface area (Å²) in [5, 5.41) is 0. The van der Waals surface area contributed by atoms with Crippen molar-refractivity contribution in [2.24, 2.45) is 0 Å². The molecule has 1 aliphatic rings. The Kier molecular flexibility index (Phi) is 2.41. The lowest BCUT2D eigenvalue weighted by Gasteiger charge is -2.12. The van der Waals surface area contributed by atoms with E-state index in [1.54, 1.807) is 10.6 Å². The van der Waals surface area contributed by atoms with E-state index in [1.165, 1.54) is 0 Å².